The van der Waals surface area contributed by atoms with Gasteiger partial charge in [-0.2, -0.15) is 0 Å². The number of ether oxygens (including phenoxy) is 1. The van der Waals surface area contributed by atoms with Crippen molar-refractivity contribution in [3.05, 3.63) is 59.7 Å². The Balaban J connectivity index is 1.24. The third-order valence-electron chi connectivity index (χ3n) is 6.96. The molecule has 1 saturated carbocycles. The average molecular weight is 465 g/mol. The predicted octanol–water partition coefficient (Wildman–Crippen LogP) is 4.41. The molecular weight excluding hydrogens is 432 g/mol. The van der Waals surface area contributed by atoms with Gasteiger partial charge in [0.1, 0.15) is 6.61 Å². The molecule has 2 N–H and O–H groups in total. The molecule has 0 spiro atoms. The zero-order valence-corrected chi connectivity index (χ0v) is 19.5. The average Bonchev–Trinajstić information content (AvgIpc) is 3.42. The van der Waals surface area contributed by atoms with Gasteiger partial charge in [0.2, 0.25) is 5.91 Å². The molecule has 0 saturated heterocycles. The van der Waals surface area contributed by atoms with Gasteiger partial charge in [-0.05, 0) is 54.4 Å². The Kier molecular flexibility index (Phi) is 7.50. The van der Waals surface area contributed by atoms with Crippen LogP contribution >= 0.6 is 0 Å². The lowest BCUT2D eigenvalue weighted by Gasteiger charge is -2.21. The summed E-state index contributed by atoms with van der Waals surface area (Å²) in [7, 11) is 1.76. The Morgan fingerprint density at radius 3 is 2.29 bits per heavy atom. The lowest BCUT2D eigenvalue weighted by molar-refractivity contribution is -0.137. The number of nitrogens with one attached hydrogen (secondary N) is 1. The molecule has 7 nitrogen and oxygen atoms in total. The molecule has 34 heavy (non-hydrogen) atoms. The van der Waals surface area contributed by atoms with Crippen molar-refractivity contribution in [1.82, 2.24) is 10.2 Å². The van der Waals surface area contributed by atoms with E-state index in [2.05, 4.69) is 29.6 Å². The largest absolute Gasteiger partial charge is 0.481 e. The lowest BCUT2D eigenvalue weighted by Crippen LogP contribution is -2.36. The number of aliphatic carboxylic acids is 1. The molecule has 2 aliphatic rings. The van der Waals surface area contributed by atoms with E-state index in [0.717, 1.165) is 12.8 Å². The number of unbranched alkanes of at least 4 members (excludes halogenated alkanes) is 1. The van der Waals surface area contributed by atoms with Gasteiger partial charge in [-0.25, -0.2) is 4.79 Å². The van der Waals surface area contributed by atoms with Crippen molar-refractivity contribution in [2.45, 2.75) is 50.5 Å². The molecule has 0 aliphatic heterocycles. The smallest absolute Gasteiger partial charge is 0.407 e. The topological polar surface area (TPSA) is 95.9 Å². The number of carbonyl (C=O) groups is 3. The molecule has 7 heteroatoms. The normalized spacial score (nSPS) is 18.7. The number of benzene rings is 2. The summed E-state index contributed by atoms with van der Waals surface area (Å²) in [6.07, 6.45) is 2.98. The monoisotopic (exact) mass is 464 g/mol. The summed E-state index contributed by atoms with van der Waals surface area (Å²) >= 11 is 0. The molecule has 2 atom stereocenters. The zero-order chi connectivity index (χ0) is 24.1. The molecule has 0 bridgehead atoms. The van der Waals surface area contributed by atoms with Gasteiger partial charge in [0.15, 0.2) is 0 Å². The molecule has 2 aliphatic carbocycles. The van der Waals surface area contributed by atoms with Crippen LogP contribution in [0.4, 0.5) is 4.79 Å². The fourth-order valence-electron chi connectivity index (χ4n) is 5.19. The number of nitrogens with zero attached hydrogens (tertiary/aromatic N) is 1. The van der Waals surface area contributed by atoms with Gasteiger partial charge in [-0.15, -0.1) is 0 Å². The summed E-state index contributed by atoms with van der Waals surface area (Å²) in [6.45, 7) is 0.821. The van der Waals surface area contributed by atoms with Gasteiger partial charge in [0.25, 0.3) is 0 Å². The number of hydrogen-bond acceptors (Lipinski definition) is 4. The number of alkyl carbamates (subject to hydrolysis) is 1. The Morgan fingerprint density at radius 2 is 1.65 bits per heavy atom. The Morgan fingerprint density at radius 1 is 1.00 bits per heavy atom. The minimum atomic E-state index is -0.813. The molecule has 0 heterocycles. The van der Waals surface area contributed by atoms with Crippen LogP contribution in [0.3, 0.4) is 0 Å². The summed E-state index contributed by atoms with van der Waals surface area (Å²) in [6, 6.07) is 16.4. The van der Waals surface area contributed by atoms with Crippen LogP contribution in [0, 0.1) is 5.92 Å². The highest BCUT2D eigenvalue weighted by Crippen LogP contribution is 2.44. The quantitative estimate of drug-likeness (QED) is 0.536. The minimum absolute atomic E-state index is 0.0193. The van der Waals surface area contributed by atoms with Crippen molar-refractivity contribution in [2.75, 3.05) is 20.2 Å². The zero-order valence-electron chi connectivity index (χ0n) is 19.5. The summed E-state index contributed by atoms with van der Waals surface area (Å²) < 4.78 is 5.64. The van der Waals surface area contributed by atoms with Gasteiger partial charge >= 0.3 is 12.1 Å². The fourth-order valence-corrected chi connectivity index (χ4v) is 5.19. The molecule has 0 aromatic heterocycles. The van der Waals surface area contributed by atoms with Crippen LogP contribution in [0.2, 0.25) is 0 Å². The molecule has 2 aromatic carbocycles. The summed E-state index contributed by atoms with van der Waals surface area (Å²) in [5, 5.41) is 11.7. The molecular formula is C27H32N2O5. The third-order valence-corrected chi connectivity index (χ3v) is 6.96. The standard InChI is InChI=1S/C27H32N2O5/c1-29(15-7-6-12-25(30)31)26(32)18-13-14-19(16-18)28-27(33)34-17-24-22-10-4-2-8-20(22)21-9-3-5-11-23(21)24/h2-5,8-11,18-19,24H,6-7,12-17H2,1H3,(H,28,33)(H,30,31)/t18-,19+/m0/s1. The van der Waals surface area contributed by atoms with Gasteiger partial charge in [0, 0.05) is 37.9 Å². The van der Waals surface area contributed by atoms with Gasteiger partial charge in [-0.1, -0.05) is 48.5 Å². The second-order valence-electron chi connectivity index (χ2n) is 9.29. The maximum absolute atomic E-state index is 12.7. The number of rotatable bonds is 9. The summed E-state index contributed by atoms with van der Waals surface area (Å²) in [5.74, 6) is -0.853. The van der Waals surface area contributed by atoms with Crippen LogP contribution in [0.15, 0.2) is 48.5 Å². The van der Waals surface area contributed by atoms with Crippen LogP contribution in [-0.4, -0.2) is 54.2 Å². The number of hydrogen-bond donors (Lipinski definition) is 2. The molecule has 1 fully saturated rings. The van der Waals surface area contributed by atoms with E-state index in [9.17, 15) is 14.4 Å². The number of amides is 2. The van der Waals surface area contributed by atoms with Gasteiger partial charge in [0.05, 0.1) is 0 Å². The predicted molar refractivity (Wildman–Crippen MR) is 128 cm³/mol. The molecule has 4 rings (SSSR count). The summed E-state index contributed by atoms with van der Waals surface area (Å²) in [5.41, 5.74) is 4.73. The Labute approximate surface area is 200 Å². The first kappa shape index (κ1) is 23.8. The highest BCUT2D eigenvalue weighted by molar-refractivity contribution is 5.80. The van der Waals surface area contributed by atoms with Crippen LogP contribution in [0.1, 0.15) is 55.6 Å². The third kappa shape index (κ3) is 5.41. The maximum atomic E-state index is 12.7. The number of carboxylic acids is 1. The minimum Gasteiger partial charge on any atom is -0.481 e. The van der Waals surface area contributed by atoms with E-state index in [1.807, 2.05) is 24.3 Å². The van der Waals surface area contributed by atoms with Crippen molar-refractivity contribution in [2.24, 2.45) is 5.92 Å². The highest BCUT2D eigenvalue weighted by atomic mass is 16.5. The van der Waals surface area contributed by atoms with E-state index in [1.54, 1.807) is 11.9 Å². The fraction of sp³-hybridized carbons (Fsp3) is 0.444. The van der Waals surface area contributed by atoms with E-state index in [4.69, 9.17) is 9.84 Å². The highest BCUT2D eigenvalue weighted by Gasteiger charge is 2.33. The number of fused-ring (bicyclic) bond motifs is 3. The Bertz CT molecular complexity index is 1010. The van der Waals surface area contributed by atoms with E-state index in [-0.39, 0.29) is 36.8 Å². The van der Waals surface area contributed by atoms with E-state index < -0.39 is 12.1 Å². The second-order valence-corrected chi connectivity index (χ2v) is 9.29. The van der Waals surface area contributed by atoms with Crippen molar-refractivity contribution in [3.8, 4) is 11.1 Å². The van der Waals surface area contributed by atoms with Crippen LogP contribution in [-0.2, 0) is 14.3 Å². The number of carboxylic acid groups (broad SMARTS) is 1. The first-order chi connectivity index (χ1) is 16.4. The van der Waals surface area contributed by atoms with Crippen LogP contribution in [0.25, 0.3) is 11.1 Å². The first-order valence-corrected chi connectivity index (χ1v) is 12.0. The van der Waals surface area contributed by atoms with Crippen molar-refractivity contribution in [1.29, 1.82) is 0 Å². The molecule has 180 valence electrons. The van der Waals surface area contributed by atoms with Crippen molar-refractivity contribution >= 4 is 18.0 Å². The SMILES string of the molecule is CN(CCCCC(=O)O)C(=O)[C@H]1CC[C@@H](NC(=O)OCC2c3ccccc3-c3ccccc32)C1. The van der Waals surface area contributed by atoms with E-state index in [0.29, 0.717) is 25.8 Å². The van der Waals surface area contributed by atoms with E-state index >= 15 is 0 Å². The maximum Gasteiger partial charge on any atom is 0.407 e. The van der Waals surface area contributed by atoms with E-state index in [1.165, 1.54) is 22.3 Å². The van der Waals surface area contributed by atoms with Crippen molar-refractivity contribution in [3.63, 3.8) is 0 Å². The number of carbonyl (C=O) groups excluding carboxylic acids is 2. The van der Waals surface area contributed by atoms with Gasteiger partial charge in [-0.3, -0.25) is 9.59 Å². The van der Waals surface area contributed by atoms with Crippen LogP contribution in [0.5, 0.6) is 0 Å². The molecule has 0 unspecified atom stereocenters. The van der Waals surface area contributed by atoms with Crippen molar-refractivity contribution < 1.29 is 24.2 Å². The molecule has 0 radical (unpaired) electrons. The Hall–Kier alpha value is -3.35. The second kappa shape index (κ2) is 10.7. The van der Waals surface area contributed by atoms with Crippen LogP contribution < -0.4 is 5.32 Å². The molecule has 2 amide bonds. The summed E-state index contributed by atoms with van der Waals surface area (Å²) in [4.78, 5) is 37.5. The lowest BCUT2D eigenvalue weighted by atomic mass is 9.98. The molecule has 2 aromatic rings. The first-order valence-electron chi connectivity index (χ1n) is 12.0. The van der Waals surface area contributed by atoms with Gasteiger partial charge < -0.3 is 20.1 Å².